The van der Waals surface area contributed by atoms with Gasteiger partial charge in [0.25, 0.3) is 5.56 Å². The van der Waals surface area contributed by atoms with E-state index in [1.54, 1.807) is 6.92 Å². The molecular weight excluding hydrogens is 351 g/mol. The highest BCUT2D eigenvalue weighted by molar-refractivity contribution is 5.88. The first-order chi connectivity index (χ1) is 12.9. The number of anilines is 1. The van der Waals surface area contributed by atoms with Crippen molar-refractivity contribution in [1.29, 1.82) is 0 Å². The van der Waals surface area contributed by atoms with Gasteiger partial charge < -0.3 is 14.9 Å². The summed E-state index contributed by atoms with van der Waals surface area (Å²) in [5.41, 5.74) is 0.299. The fourth-order valence-electron chi connectivity index (χ4n) is 3.76. The first-order valence-electron chi connectivity index (χ1n) is 9.37. The molecule has 4 rings (SSSR count). The number of aryl methyl sites for hydroxylation is 1. The number of hydrogen-bond donors (Lipinski definition) is 1. The van der Waals surface area contributed by atoms with E-state index in [0.717, 1.165) is 31.5 Å². The highest BCUT2D eigenvalue weighted by atomic mass is 19.1. The Kier molecular flexibility index (Phi) is 4.38. The van der Waals surface area contributed by atoms with Crippen LogP contribution in [0.3, 0.4) is 0 Å². The molecular formula is C19H23FN4O3. The average molecular weight is 374 g/mol. The quantitative estimate of drug-likeness (QED) is 0.878. The minimum atomic E-state index is -1.29. The van der Waals surface area contributed by atoms with Gasteiger partial charge in [-0.2, -0.15) is 0 Å². The minimum Gasteiger partial charge on any atom is -0.477 e. The number of rotatable bonds is 4. The Balaban J connectivity index is 1.99. The van der Waals surface area contributed by atoms with Gasteiger partial charge in [0.05, 0.1) is 5.69 Å². The number of halogens is 1. The van der Waals surface area contributed by atoms with Crippen molar-refractivity contribution in [3.8, 4) is 0 Å². The number of piperazine rings is 1. The van der Waals surface area contributed by atoms with Gasteiger partial charge in [-0.25, -0.2) is 14.2 Å². The molecule has 1 aliphatic heterocycles. The van der Waals surface area contributed by atoms with Gasteiger partial charge in [0, 0.05) is 26.2 Å². The van der Waals surface area contributed by atoms with E-state index < -0.39 is 17.3 Å². The summed E-state index contributed by atoms with van der Waals surface area (Å²) in [5, 5.41) is 9.43. The summed E-state index contributed by atoms with van der Waals surface area (Å²) in [4.78, 5) is 33.0. The summed E-state index contributed by atoms with van der Waals surface area (Å²) < 4.78 is 16.5. The van der Waals surface area contributed by atoms with E-state index in [2.05, 4.69) is 9.88 Å². The highest BCUT2D eigenvalue weighted by Gasteiger charge is 2.31. The SMILES string of the molecule is CCc1c(F)c(N2CCN(C)CC2)nc2c(C3CC3)cc(C(=O)O)c(=O)n12. The molecule has 1 aliphatic carbocycles. The van der Waals surface area contributed by atoms with E-state index in [1.807, 2.05) is 11.9 Å². The second kappa shape index (κ2) is 6.60. The lowest BCUT2D eigenvalue weighted by molar-refractivity contribution is 0.0694. The van der Waals surface area contributed by atoms with Crippen LogP contribution in [-0.4, -0.2) is 58.6 Å². The summed E-state index contributed by atoms with van der Waals surface area (Å²) >= 11 is 0. The Morgan fingerprint density at radius 3 is 2.52 bits per heavy atom. The Labute approximate surface area is 156 Å². The summed E-state index contributed by atoms with van der Waals surface area (Å²) in [5.74, 6) is -1.37. The van der Waals surface area contributed by atoms with Crippen molar-refractivity contribution in [1.82, 2.24) is 14.3 Å². The van der Waals surface area contributed by atoms with Crippen molar-refractivity contribution in [3.05, 3.63) is 39.1 Å². The van der Waals surface area contributed by atoms with Gasteiger partial charge in [0.15, 0.2) is 11.6 Å². The van der Waals surface area contributed by atoms with Crippen molar-refractivity contribution in [2.45, 2.75) is 32.1 Å². The summed E-state index contributed by atoms with van der Waals surface area (Å²) in [7, 11) is 2.02. The smallest absolute Gasteiger partial charge is 0.341 e. The molecule has 0 atom stereocenters. The van der Waals surface area contributed by atoms with Gasteiger partial charge in [-0.15, -0.1) is 0 Å². The molecule has 1 N–H and O–H groups in total. The zero-order valence-corrected chi connectivity index (χ0v) is 15.5. The molecule has 7 nitrogen and oxygen atoms in total. The van der Waals surface area contributed by atoms with Crippen LogP contribution in [0, 0.1) is 5.82 Å². The molecule has 144 valence electrons. The molecule has 8 heteroatoms. The van der Waals surface area contributed by atoms with Crippen LogP contribution in [0.25, 0.3) is 5.65 Å². The Morgan fingerprint density at radius 2 is 1.96 bits per heavy atom. The number of carboxylic acid groups (broad SMARTS) is 1. The van der Waals surface area contributed by atoms with Crippen LogP contribution in [0.15, 0.2) is 10.9 Å². The minimum absolute atomic E-state index is 0.182. The van der Waals surface area contributed by atoms with Crippen LogP contribution in [0.4, 0.5) is 10.2 Å². The predicted molar refractivity (Wildman–Crippen MR) is 99.4 cm³/mol. The molecule has 0 bridgehead atoms. The van der Waals surface area contributed by atoms with Gasteiger partial charge in [-0.3, -0.25) is 9.20 Å². The first-order valence-corrected chi connectivity index (χ1v) is 9.37. The fraction of sp³-hybridized carbons (Fsp3) is 0.526. The molecule has 2 aliphatic rings. The van der Waals surface area contributed by atoms with Crippen molar-refractivity contribution in [3.63, 3.8) is 0 Å². The van der Waals surface area contributed by atoms with E-state index in [9.17, 15) is 14.7 Å². The van der Waals surface area contributed by atoms with E-state index in [0.29, 0.717) is 18.7 Å². The summed E-state index contributed by atoms with van der Waals surface area (Å²) in [6.07, 6.45) is 2.13. The molecule has 2 aromatic rings. The highest BCUT2D eigenvalue weighted by Crippen LogP contribution is 2.42. The van der Waals surface area contributed by atoms with E-state index >= 15 is 4.39 Å². The van der Waals surface area contributed by atoms with Crippen molar-refractivity contribution in [2.75, 3.05) is 38.1 Å². The van der Waals surface area contributed by atoms with Crippen LogP contribution in [0.5, 0.6) is 0 Å². The molecule has 27 heavy (non-hydrogen) atoms. The number of nitrogens with zero attached hydrogens (tertiary/aromatic N) is 4. The predicted octanol–water partition coefficient (Wildman–Crippen LogP) is 1.72. The van der Waals surface area contributed by atoms with Crippen LogP contribution >= 0.6 is 0 Å². The van der Waals surface area contributed by atoms with Gasteiger partial charge >= 0.3 is 5.97 Å². The first kappa shape index (κ1) is 17.9. The molecule has 2 aromatic heterocycles. The molecule has 3 heterocycles. The second-order valence-corrected chi connectivity index (χ2v) is 7.40. The summed E-state index contributed by atoms with van der Waals surface area (Å²) in [6.45, 7) is 4.72. The zero-order valence-electron chi connectivity index (χ0n) is 15.5. The van der Waals surface area contributed by atoms with E-state index in [-0.39, 0.29) is 29.4 Å². The molecule has 0 spiro atoms. The third-order valence-corrected chi connectivity index (χ3v) is 5.52. The number of aromatic carboxylic acids is 1. The number of likely N-dealkylation sites (N-methyl/N-ethyl adjacent to an activating group) is 1. The second-order valence-electron chi connectivity index (χ2n) is 7.40. The topological polar surface area (TPSA) is 78.2 Å². The van der Waals surface area contributed by atoms with Crippen LogP contribution < -0.4 is 10.5 Å². The monoisotopic (exact) mass is 374 g/mol. The maximum absolute atomic E-state index is 15.3. The summed E-state index contributed by atoms with van der Waals surface area (Å²) in [6, 6.07) is 1.44. The van der Waals surface area contributed by atoms with Gasteiger partial charge in [0.2, 0.25) is 0 Å². The number of aromatic nitrogens is 2. The number of pyridine rings is 1. The van der Waals surface area contributed by atoms with Crippen LogP contribution in [0.1, 0.15) is 47.3 Å². The molecule has 0 radical (unpaired) electrons. The molecule has 0 aromatic carbocycles. The van der Waals surface area contributed by atoms with Crippen LogP contribution in [-0.2, 0) is 6.42 Å². The molecule has 2 fully saturated rings. The van der Waals surface area contributed by atoms with Gasteiger partial charge in [-0.05, 0) is 43.9 Å². The maximum Gasteiger partial charge on any atom is 0.341 e. The molecule has 0 amide bonds. The lowest BCUT2D eigenvalue weighted by Crippen LogP contribution is -2.45. The van der Waals surface area contributed by atoms with E-state index in [4.69, 9.17) is 0 Å². The fourth-order valence-corrected chi connectivity index (χ4v) is 3.76. The molecule has 0 unspecified atom stereocenters. The zero-order chi connectivity index (χ0) is 19.3. The van der Waals surface area contributed by atoms with E-state index in [1.165, 1.54) is 10.5 Å². The molecule has 1 saturated carbocycles. The Bertz CT molecular complexity index is 975. The number of carbonyl (C=O) groups is 1. The standard InChI is InChI=1S/C19H23FN4O3/c1-3-14-15(20)17(23-8-6-22(2)7-9-23)21-16-12(11-4-5-11)10-13(19(26)27)18(25)24(14)16/h10-11H,3-9H2,1-2H3,(H,26,27). The van der Waals surface area contributed by atoms with Crippen LogP contribution in [0.2, 0.25) is 0 Å². The lowest BCUT2D eigenvalue weighted by atomic mass is 10.1. The van der Waals surface area contributed by atoms with Gasteiger partial charge in [0.1, 0.15) is 11.2 Å². The normalized spacial score (nSPS) is 18.3. The van der Waals surface area contributed by atoms with Gasteiger partial charge in [-0.1, -0.05) is 6.92 Å². The van der Waals surface area contributed by atoms with Crippen molar-refractivity contribution in [2.24, 2.45) is 0 Å². The van der Waals surface area contributed by atoms with Crippen molar-refractivity contribution >= 4 is 17.4 Å². The lowest BCUT2D eigenvalue weighted by Gasteiger charge is -2.34. The Hall–Kier alpha value is -2.48. The maximum atomic E-state index is 15.3. The number of hydrogen-bond acceptors (Lipinski definition) is 5. The average Bonchev–Trinajstić information content (AvgIpc) is 3.47. The number of fused-ring (bicyclic) bond motifs is 1. The third-order valence-electron chi connectivity index (χ3n) is 5.52. The number of carboxylic acids is 1. The molecule has 1 saturated heterocycles. The van der Waals surface area contributed by atoms with Crippen molar-refractivity contribution < 1.29 is 14.3 Å². The third kappa shape index (κ3) is 2.97. The largest absolute Gasteiger partial charge is 0.477 e. The Morgan fingerprint density at radius 1 is 1.30 bits per heavy atom.